The van der Waals surface area contributed by atoms with E-state index in [1.807, 2.05) is 12.1 Å². The van der Waals surface area contributed by atoms with E-state index in [9.17, 15) is 9.59 Å². The third-order valence-corrected chi connectivity index (χ3v) is 3.31. The zero-order valence-electron chi connectivity index (χ0n) is 13.1. The van der Waals surface area contributed by atoms with Crippen LogP contribution in [0.25, 0.3) is 0 Å². The normalized spacial score (nSPS) is 12.9. The molecule has 0 bridgehead atoms. The Morgan fingerprint density at radius 2 is 1.04 bits per heavy atom. The molecule has 0 fully saturated rings. The van der Waals surface area contributed by atoms with Crippen LogP contribution in [0.1, 0.15) is 36.4 Å². The third kappa shape index (κ3) is 5.49. The lowest BCUT2D eigenvalue weighted by atomic mass is 10.2. The highest BCUT2D eigenvalue weighted by atomic mass is 16.6. The number of nitrogens with two attached hydrogens (primary N) is 2. The van der Waals surface area contributed by atoms with Crippen LogP contribution in [0, 0.1) is 0 Å². The maximum Gasteiger partial charge on any atom is 0.308 e. The molecular formula is C18H20N2O4. The minimum absolute atomic E-state index is 0.124. The number of carbonyl (C=O) groups is 2. The van der Waals surface area contributed by atoms with Gasteiger partial charge in [-0.1, -0.05) is 60.7 Å². The molecule has 0 spiro atoms. The van der Waals surface area contributed by atoms with Crippen LogP contribution < -0.4 is 11.5 Å². The topological polar surface area (TPSA) is 105 Å². The van der Waals surface area contributed by atoms with E-state index in [2.05, 4.69) is 0 Å². The van der Waals surface area contributed by atoms with E-state index < -0.39 is 24.4 Å². The van der Waals surface area contributed by atoms with E-state index in [0.29, 0.717) is 11.1 Å². The van der Waals surface area contributed by atoms with Crippen LogP contribution in [0.5, 0.6) is 0 Å². The quantitative estimate of drug-likeness (QED) is 0.596. The van der Waals surface area contributed by atoms with Gasteiger partial charge in [-0.15, -0.1) is 0 Å². The van der Waals surface area contributed by atoms with Crippen LogP contribution in [0.4, 0.5) is 0 Å². The zero-order chi connectivity index (χ0) is 17.4. The number of ether oxygens (including phenoxy) is 2. The summed E-state index contributed by atoms with van der Waals surface area (Å²) in [6.45, 7) is 0. The second-order valence-electron chi connectivity index (χ2n) is 5.14. The Bertz CT molecular complexity index is 602. The lowest BCUT2D eigenvalue weighted by Crippen LogP contribution is -2.21. The number of esters is 2. The van der Waals surface area contributed by atoms with Gasteiger partial charge < -0.3 is 9.47 Å². The molecule has 0 aliphatic rings. The molecule has 4 N–H and O–H groups in total. The molecule has 2 atom stereocenters. The summed E-state index contributed by atoms with van der Waals surface area (Å²) in [5.74, 6) is -1.15. The van der Waals surface area contributed by atoms with Crippen molar-refractivity contribution in [1.29, 1.82) is 0 Å². The van der Waals surface area contributed by atoms with Gasteiger partial charge in [-0.05, 0) is 0 Å². The Morgan fingerprint density at radius 3 is 1.38 bits per heavy atom. The second kappa shape index (κ2) is 8.81. The van der Waals surface area contributed by atoms with Gasteiger partial charge in [0.15, 0.2) is 12.5 Å². The molecule has 0 aliphatic carbocycles. The molecule has 2 aromatic carbocycles. The fourth-order valence-corrected chi connectivity index (χ4v) is 2.03. The van der Waals surface area contributed by atoms with Gasteiger partial charge >= 0.3 is 11.9 Å². The Hall–Kier alpha value is -2.70. The Kier molecular flexibility index (Phi) is 6.48. The molecule has 0 saturated carbocycles. The molecule has 0 aliphatic heterocycles. The molecule has 0 aromatic heterocycles. The lowest BCUT2D eigenvalue weighted by Gasteiger charge is -2.14. The molecular weight excluding hydrogens is 308 g/mol. The number of hydrogen-bond acceptors (Lipinski definition) is 6. The zero-order valence-corrected chi connectivity index (χ0v) is 13.1. The van der Waals surface area contributed by atoms with Crippen molar-refractivity contribution < 1.29 is 19.1 Å². The van der Waals surface area contributed by atoms with Gasteiger partial charge in [-0.25, -0.2) is 0 Å². The highest BCUT2D eigenvalue weighted by Crippen LogP contribution is 2.14. The van der Waals surface area contributed by atoms with E-state index in [1.165, 1.54) is 0 Å². The standard InChI is InChI=1S/C18H20N2O4/c19-17(13-7-3-1-4-8-13)23-15(21)11-12-16(22)24-18(20)14-9-5-2-6-10-14/h1-10,17-18H,11-12,19-20H2. The van der Waals surface area contributed by atoms with Crippen LogP contribution in [-0.2, 0) is 19.1 Å². The van der Waals surface area contributed by atoms with Crippen molar-refractivity contribution in [3.63, 3.8) is 0 Å². The molecule has 2 rings (SSSR count). The Morgan fingerprint density at radius 1 is 0.708 bits per heavy atom. The first-order valence-corrected chi connectivity index (χ1v) is 7.56. The van der Waals surface area contributed by atoms with Crippen molar-refractivity contribution in [3.8, 4) is 0 Å². The predicted octanol–water partition coefficient (Wildman–Crippen LogP) is 2.17. The fraction of sp³-hybridized carbons (Fsp3) is 0.222. The van der Waals surface area contributed by atoms with Crippen molar-refractivity contribution >= 4 is 11.9 Å². The highest BCUT2D eigenvalue weighted by molar-refractivity contribution is 5.77. The van der Waals surface area contributed by atoms with Crippen LogP contribution in [0.3, 0.4) is 0 Å². The molecule has 0 saturated heterocycles. The third-order valence-electron chi connectivity index (χ3n) is 3.31. The van der Waals surface area contributed by atoms with Gasteiger partial charge in [0.1, 0.15) is 0 Å². The minimum atomic E-state index is -0.860. The van der Waals surface area contributed by atoms with Gasteiger partial charge in [-0.2, -0.15) is 0 Å². The average Bonchev–Trinajstić information content (AvgIpc) is 2.61. The van der Waals surface area contributed by atoms with E-state index in [-0.39, 0.29) is 12.8 Å². The number of rotatable bonds is 7. The molecule has 0 radical (unpaired) electrons. The van der Waals surface area contributed by atoms with Crippen molar-refractivity contribution in [1.82, 2.24) is 0 Å². The van der Waals surface area contributed by atoms with Crippen molar-refractivity contribution in [2.45, 2.75) is 25.3 Å². The molecule has 24 heavy (non-hydrogen) atoms. The Labute approximate surface area is 140 Å². The summed E-state index contributed by atoms with van der Waals surface area (Å²) in [6, 6.07) is 17.9. The van der Waals surface area contributed by atoms with Crippen LogP contribution in [0.15, 0.2) is 60.7 Å². The lowest BCUT2D eigenvalue weighted by molar-refractivity contribution is -0.156. The summed E-state index contributed by atoms with van der Waals surface area (Å²) in [4.78, 5) is 23.5. The SMILES string of the molecule is NC(OC(=O)CCC(=O)OC(N)c1ccccc1)c1ccccc1. The van der Waals surface area contributed by atoms with Crippen LogP contribution in [-0.4, -0.2) is 11.9 Å². The first-order chi connectivity index (χ1) is 11.6. The molecule has 2 aromatic rings. The number of hydrogen-bond donors (Lipinski definition) is 2. The van der Waals surface area contributed by atoms with Gasteiger partial charge in [0.05, 0.1) is 12.8 Å². The van der Waals surface area contributed by atoms with Crippen LogP contribution >= 0.6 is 0 Å². The monoisotopic (exact) mass is 328 g/mol. The van der Waals surface area contributed by atoms with E-state index in [4.69, 9.17) is 20.9 Å². The number of carbonyl (C=O) groups excluding carboxylic acids is 2. The highest BCUT2D eigenvalue weighted by Gasteiger charge is 2.16. The first kappa shape index (κ1) is 17.7. The Balaban J connectivity index is 1.74. The first-order valence-electron chi connectivity index (χ1n) is 7.56. The predicted molar refractivity (Wildman–Crippen MR) is 88.2 cm³/mol. The fourth-order valence-electron chi connectivity index (χ4n) is 2.03. The summed E-state index contributed by atoms with van der Waals surface area (Å²) in [5, 5.41) is 0. The smallest absolute Gasteiger partial charge is 0.308 e. The molecule has 0 amide bonds. The van der Waals surface area contributed by atoms with Crippen molar-refractivity contribution in [3.05, 3.63) is 71.8 Å². The van der Waals surface area contributed by atoms with Gasteiger partial charge in [0.25, 0.3) is 0 Å². The van der Waals surface area contributed by atoms with Gasteiger partial charge in [0, 0.05) is 11.1 Å². The van der Waals surface area contributed by atoms with E-state index in [0.717, 1.165) is 0 Å². The maximum atomic E-state index is 11.7. The van der Waals surface area contributed by atoms with Crippen molar-refractivity contribution in [2.24, 2.45) is 11.5 Å². The molecule has 0 heterocycles. The van der Waals surface area contributed by atoms with E-state index >= 15 is 0 Å². The summed E-state index contributed by atoms with van der Waals surface area (Å²) in [7, 11) is 0. The molecule has 126 valence electrons. The van der Waals surface area contributed by atoms with Gasteiger partial charge in [0.2, 0.25) is 0 Å². The van der Waals surface area contributed by atoms with Crippen molar-refractivity contribution in [2.75, 3.05) is 0 Å². The van der Waals surface area contributed by atoms with Gasteiger partial charge in [-0.3, -0.25) is 21.1 Å². The second-order valence-corrected chi connectivity index (χ2v) is 5.14. The summed E-state index contributed by atoms with van der Waals surface area (Å²) in [5.41, 5.74) is 12.9. The molecule has 6 nitrogen and oxygen atoms in total. The summed E-state index contributed by atoms with van der Waals surface area (Å²) in [6.07, 6.45) is -1.97. The number of benzene rings is 2. The van der Waals surface area contributed by atoms with Crippen LogP contribution in [0.2, 0.25) is 0 Å². The minimum Gasteiger partial charge on any atom is -0.442 e. The average molecular weight is 328 g/mol. The summed E-state index contributed by atoms with van der Waals surface area (Å²) >= 11 is 0. The molecule has 2 unspecified atom stereocenters. The maximum absolute atomic E-state index is 11.7. The molecule has 6 heteroatoms. The summed E-state index contributed by atoms with van der Waals surface area (Å²) < 4.78 is 10.2. The van der Waals surface area contributed by atoms with E-state index in [1.54, 1.807) is 48.5 Å². The largest absolute Gasteiger partial charge is 0.442 e.